The van der Waals surface area contributed by atoms with E-state index in [4.69, 9.17) is 4.74 Å². The van der Waals surface area contributed by atoms with Gasteiger partial charge in [0.2, 0.25) is 11.0 Å². The molecular weight excluding hydrogens is 464 g/mol. The summed E-state index contributed by atoms with van der Waals surface area (Å²) in [6, 6.07) is 14.2. The van der Waals surface area contributed by atoms with E-state index in [1.807, 2.05) is 12.1 Å². The van der Waals surface area contributed by atoms with Crippen molar-refractivity contribution >= 4 is 61.7 Å². The van der Waals surface area contributed by atoms with Gasteiger partial charge < -0.3 is 10.1 Å². The number of nitrogens with zero attached hydrogens (tertiary/aromatic N) is 2. The Bertz CT molecular complexity index is 979. The van der Waals surface area contributed by atoms with Gasteiger partial charge in [0.15, 0.2) is 4.34 Å². The van der Waals surface area contributed by atoms with Gasteiger partial charge in [-0.1, -0.05) is 51.2 Å². The van der Waals surface area contributed by atoms with Crippen molar-refractivity contribution in [1.82, 2.24) is 10.2 Å². The molecule has 3 rings (SSSR count). The van der Waals surface area contributed by atoms with E-state index >= 15 is 0 Å². The second kappa shape index (κ2) is 9.67. The van der Waals surface area contributed by atoms with Crippen LogP contribution in [-0.2, 0) is 4.79 Å². The van der Waals surface area contributed by atoms with Crippen LogP contribution < -0.4 is 15.4 Å². The molecule has 0 aliphatic rings. The Kier molecular flexibility index (Phi) is 7.01. The van der Waals surface area contributed by atoms with Crippen LogP contribution in [0.3, 0.4) is 0 Å². The minimum absolute atomic E-state index is 0.160. The Morgan fingerprint density at radius 3 is 2.61 bits per heavy atom. The Morgan fingerprint density at radius 1 is 1.11 bits per heavy atom. The maximum Gasteiger partial charge on any atom is 0.257 e. The molecule has 1 heterocycles. The van der Waals surface area contributed by atoms with E-state index < -0.39 is 0 Å². The van der Waals surface area contributed by atoms with Gasteiger partial charge >= 0.3 is 0 Å². The van der Waals surface area contributed by atoms with Crippen LogP contribution >= 0.6 is 39.0 Å². The van der Waals surface area contributed by atoms with Crippen LogP contribution in [0.4, 0.5) is 10.8 Å². The third kappa shape index (κ3) is 5.54. The third-order valence-corrected chi connectivity index (χ3v) is 5.94. The average molecular weight is 479 g/mol. The molecule has 0 atom stereocenters. The topological polar surface area (TPSA) is 93.2 Å². The highest BCUT2D eigenvalue weighted by Crippen LogP contribution is 2.27. The van der Waals surface area contributed by atoms with Crippen molar-refractivity contribution in [2.45, 2.75) is 4.34 Å². The van der Waals surface area contributed by atoms with Crippen molar-refractivity contribution in [3.05, 3.63) is 58.6 Å². The molecule has 0 aliphatic carbocycles. The van der Waals surface area contributed by atoms with Crippen molar-refractivity contribution in [3.63, 3.8) is 0 Å². The van der Waals surface area contributed by atoms with E-state index in [-0.39, 0.29) is 17.6 Å². The number of ether oxygens (including phenoxy) is 1. The molecule has 0 aliphatic heterocycles. The van der Waals surface area contributed by atoms with Gasteiger partial charge in [0.1, 0.15) is 5.75 Å². The Morgan fingerprint density at radius 2 is 1.86 bits per heavy atom. The number of amides is 2. The lowest BCUT2D eigenvalue weighted by Gasteiger charge is -2.08. The molecule has 2 amide bonds. The first-order valence-electron chi connectivity index (χ1n) is 8.01. The van der Waals surface area contributed by atoms with Gasteiger partial charge in [-0.15, -0.1) is 10.2 Å². The molecule has 144 valence electrons. The SMILES string of the molecule is COc1ccccc1NC(=O)CSc1nnc(NC(=O)c2ccc(Br)cc2)s1. The smallest absolute Gasteiger partial charge is 0.257 e. The predicted molar refractivity (Wildman–Crippen MR) is 114 cm³/mol. The lowest BCUT2D eigenvalue weighted by molar-refractivity contribution is -0.113. The van der Waals surface area contributed by atoms with E-state index in [9.17, 15) is 9.59 Å². The van der Waals surface area contributed by atoms with Gasteiger partial charge in [-0.2, -0.15) is 0 Å². The highest BCUT2D eigenvalue weighted by Gasteiger charge is 2.13. The zero-order valence-corrected chi connectivity index (χ0v) is 17.9. The molecule has 10 heteroatoms. The van der Waals surface area contributed by atoms with Crippen LogP contribution in [0.2, 0.25) is 0 Å². The fourth-order valence-electron chi connectivity index (χ4n) is 2.15. The van der Waals surface area contributed by atoms with Crippen LogP contribution in [0, 0.1) is 0 Å². The monoisotopic (exact) mass is 478 g/mol. The summed E-state index contributed by atoms with van der Waals surface area (Å²) >= 11 is 5.78. The van der Waals surface area contributed by atoms with Crippen LogP contribution in [0.5, 0.6) is 5.75 Å². The van der Waals surface area contributed by atoms with E-state index in [0.717, 1.165) is 4.47 Å². The first-order chi connectivity index (χ1) is 13.5. The summed E-state index contributed by atoms with van der Waals surface area (Å²) in [5, 5.41) is 13.8. The molecule has 0 fully saturated rings. The zero-order valence-electron chi connectivity index (χ0n) is 14.6. The molecule has 2 N–H and O–H groups in total. The van der Waals surface area contributed by atoms with Gasteiger partial charge in [0.25, 0.3) is 5.91 Å². The Hall–Kier alpha value is -2.43. The van der Waals surface area contributed by atoms with E-state index in [0.29, 0.717) is 26.5 Å². The van der Waals surface area contributed by atoms with Gasteiger partial charge in [-0.3, -0.25) is 14.9 Å². The summed E-state index contributed by atoms with van der Waals surface area (Å²) < 4.78 is 6.69. The number of methoxy groups -OCH3 is 1. The fraction of sp³-hybridized carbons (Fsp3) is 0.111. The first kappa shape index (κ1) is 20.3. The van der Waals surface area contributed by atoms with Gasteiger partial charge in [0, 0.05) is 10.0 Å². The minimum Gasteiger partial charge on any atom is -0.495 e. The molecule has 0 bridgehead atoms. The summed E-state index contributed by atoms with van der Waals surface area (Å²) in [4.78, 5) is 24.3. The number of aromatic nitrogens is 2. The molecule has 7 nitrogen and oxygen atoms in total. The summed E-state index contributed by atoms with van der Waals surface area (Å²) in [5.41, 5.74) is 1.12. The minimum atomic E-state index is -0.269. The Labute approximate surface area is 178 Å². The third-order valence-electron chi connectivity index (χ3n) is 3.44. The van der Waals surface area contributed by atoms with Gasteiger partial charge in [-0.05, 0) is 36.4 Å². The molecule has 0 spiro atoms. The number of hydrogen-bond donors (Lipinski definition) is 2. The number of carbonyl (C=O) groups is 2. The molecule has 3 aromatic rings. The molecule has 2 aromatic carbocycles. The van der Waals surface area contributed by atoms with E-state index in [2.05, 4.69) is 36.8 Å². The van der Waals surface area contributed by atoms with Crippen molar-refractivity contribution in [2.24, 2.45) is 0 Å². The summed E-state index contributed by atoms with van der Waals surface area (Å²) in [5.74, 6) is 0.293. The molecule has 1 aromatic heterocycles. The van der Waals surface area contributed by atoms with Crippen LogP contribution in [0.1, 0.15) is 10.4 Å². The van der Waals surface area contributed by atoms with Crippen molar-refractivity contribution in [2.75, 3.05) is 23.5 Å². The molecule has 0 radical (unpaired) electrons. The number of anilines is 2. The second-order valence-corrected chi connectivity index (χ2v) is 8.49. The van der Waals surface area contributed by atoms with Gasteiger partial charge in [-0.25, -0.2) is 0 Å². The lowest BCUT2D eigenvalue weighted by Crippen LogP contribution is -2.14. The standard InChI is InChI=1S/C18H15BrN4O3S2/c1-26-14-5-3-2-4-13(14)20-15(24)10-27-18-23-22-17(28-18)21-16(25)11-6-8-12(19)9-7-11/h2-9H,10H2,1H3,(H,20,24)(H,21,22,25). The molecule has 0 saturated heterocycles. The quantitative estimate of drug-likeness (QED) is 0.388. The number of halogens is 1. The zero-order chi connectivity index (χ0) is 19.9. The number of thioether (sulfide) groups is 1. The molecule has 28 heavy (non-hydrogen) atoms. The molecular formula is C18H15BrN4O3S2. The molecule has 0 saturated carbocycles. The summed E-state index contributed by atoms with van der Waals surface area (Å²) in [7, 11) is 1.55. The fourth-order valence-corrected chi connectivity index (χ4v) is 3.96. The maximum atomic E-state index is 12.2. The summed E-state index contributed by atoms with van der Waals surface area (Å²) in [6.45, 7) is 0. The summed E-state index contributed by atoms with van der Waals surface area (Å²) in [6.07, 6.45) is 0. The normalized spacial score (nSPS) is 10.4. The number of benzene rings is 2. The predicted octanol–water partition coefficient (Wildman–Crippen LogP) is 4.29. The second-order valence-electron chi connectivity index (χ2n) is 5.37. The number of hydrogen-bond acceptors (Lipinski definition) is 7. The highest BCUT2D eigenvalue weighted by molar-refractivity contribution is 9.10. The maximum absolute atomic E-state index is 12.2. The lowest BCUT2D eigenvalue weighted by atomic mass is 10.2. The van der Waals surface area contributed by atoms with E-state index in [1.165, 1.54) is 23.1 Å². The molecule has 0 unspecified atom stereocenters. The van der Waals surface area contributed by atoms with Crippen LogP contribution in [0.25, 0.3) is 0 Å². The van der Waals surface area contributed by atoms with Crippen molar-refractivity contribution in [3.8, 4) is 5.75 Å². The average Bonchev–Trinajstić information content (AvgIpc) is 3.14. The number of para-hydroxylation sites is 2. The first-order valence-corrected chi connectivity index (χ1v) is 10.6. The van der Waals surface area contributed by atoms with Crippen molar-refractivity contribution in [1.29, 1.82) is 0 Å². The number of rotatable bonds is 7. The van der Waals surface area contributed by atoms with Gasteiger partial charge in [0.05, 0.1) is 18.6 Å². The van der Waals surface area contributed by atoms with Crippen molar-refractivity contribution < 1.29 is 14.3 Å². The number of nitrogens with one attached hydrogen (secondary N) is 2. The largest absolute Gasteiger partial charge is 0.495 e. The Balaban J connectivity index is 1.52. The highest BCUT2D eigenvalue weighted by atomic mass is 79.9. The van der Waals surface area contributed by atoms with Crippen LogP contribution in [0.15, 0.2) is 57.3 Å². The number of carbonyl (C=O) groups excluding carboxylic acids is 2. The van der Waals surface area contributed by atoms with E-state index in [1.54, 1.807) is 43.5 Å². The van der Waals surface area contributed by atoms with Crippen LogP contribution in [-0.4, -0.2) is 34.9 Å².